The average Bonchev–Trinajstić information content (AvgIpc) is 2.44. The summed E-state index contributed by atoms with van der Waals surface area (Å²) in [7, 11) is 0. The van der Waals surface area contributed by atoms with Gasteiger partial charge in [0.1, 0.15) is 0 Å². The van der Waals surface area contributed by atoms with Crippen LogP contribution < -0.4 is 0 Å². The Hall–Kier alpha value is -0.260. The van der Waals surface area contributed by atoms with E-state index in [0.717, 1.165) is 40.4 Å². The summed E-state index contributed by atoms with van der Waals surface area (Å²) in [4.78, 5) is 0. The van der Waals surface area contributed by atoms with E-state index in [1.807, 2.05) is 0 Å². The molecule has 8 fully saturated rings. The largest absolute Gasteiger partial charge is 0.0911 e. The fraction of sp³-hybridized carbons (Fsp3) is 0.913. The van der Waals surface area contributed by atoms with Gasteiger partial charge in [-0.25, -0.2) is 0 Å². The van der Waals surface area contributed by atoms with Crippen LogP contribution in [0.3, 0.4) is 0 Å². The van der Waals surface area contributed by atoms with Crippen LogP contribution in [0, 0.1) is 45.8 Å². The summed E-state index contributed by atoms with van der Waals surface area (Å²) >= 11 is 0. The zero-order valence-corrected chi connectivity index (χ0v) is 15.0. The van der Waals surface area contributed by atoms with Gasteiger partial charge in [0.2, 0.25) is 0 Å². The summed E-state index contributed by atoms with van der Waals surface area (Å²) in [5.74, 6) is 5.56. The van der Waals surface area contributed by atoms with Gasteiger partial charge < -0.3 is 0 Å². The van der Waals surface area contributed by atoms with Gasteiger partial charge in [-0.05, 0) is 130 Å². The molecular formula is C23H34. The highest BCUT2D eigenvalue weighted by molar-refractivity contribution is 5.20. The van der Waals surface area contributed by atoms with Crippen LogP contribution in [-0.2, 0) is 0 Å². The minimum Gasteiger partial charge on any atom is -0.0911 e. The van der Waals surface area contributed by atoms with Crippen molar-refractivity contribution in [3.8, 4) is 0 Å². The molecule has 8 bridgehead atoms. The average molecular weight is 311 g/mol. The van der Waals surface area contributed by atoms with Gasteiger partial charge in [0.05, 0.1) is 0 Å². The van der Waals surface area contributed by atoms with Crippen LogP contribution in [0.5, 0.6) is 0 Å². The van der Waals surface area contributed by atoms with Crippen LogP contribution in [0.25, 0.3) is 0 Å². The lowest BCUT2D eigenvalue weighted by atomic mass is 9.33. The molecule has 8 saturated carbocycles. The van der Waals surface area contributed by atoms with Crippen LogP contribution in [0.1, 0.15) is 84.0 Å². The van der Waals surface area contributed by atoms with Crippen LogP contribution >= 0.6 is 0 Å². The maximum absolute atomic E-state index is 2.68. The van der Waals surface area contributed by atoms with Crippen molar-refractivity contribution in [2.75, 3.05) is 0 Å². The molecule has 0 N–H and O–H groups in total. The number of rotatable bonds is 2. The Kier molecular flexibility index (Phi) is 2.60. The van der Waals surface area contributed by atoms with Gasteiger partial charge in [-0.3, -0.25) is 0 Å². The van der Waals surface area contributed by atoms with Crippen molar-refractivity contribution in [1.82, 2.24) is 0 Å². The minimum atomic E-state index is 0.627. The first-order valence-electron chi connectivity index (χ1n) is 10.8. The SMILES string of the molecule is CC=CC12CC3CC(C1)CC(C14CC5CC(CC(C5)C1)C4)(C3)C2. The molecular weight excluding hydrogens is 276 g/mol. The molecule has 0 spiro atoms. The summed E-state index contributed by atoms with van der Waals surface area (Å²) in [5, 5.41) is 0. The minimum absolute atomic E-state index is 0.627. The molecule has 0 nitrogen and oxygen atoms in total. The van der Waals surface area contributed by atoms with E-state index in [4.69, 9.17) is 0 Å². The van der Waals surface area contributed by atoms with Crippen molar-refractivity contribution < 1.29 is 0 Å². The zero-order valence-electron chi connectivity index (χ0n) is 15.0. The molecule has 126 valence electrons. The van der Waals surface area contributed by atoms with E-state index in [0.29, 0.717) is 5.41 Å². The second-order valence-electron chi connectivity index (χ2n) is 11.3. The third kappa shape index (κ3) is 1.74. The van der Waals surface area contributed by atoms with E-state index >= 15 is 0 Å². The lowest BCUT2D eigenvalue weighted by molar-refractivity contribution is -0.212. The third-order valence-corrected chi connectivity index (χ3v) is 9.79. The summed E-state index contributed by atoms with van der Waals surface area (Å²) in [5.41, 5.74) is 2.20. The summed E-state index contributed by atoms with van der Waals surface area (Å²) in [6, 6.07) is 0. The maximum atomic E-state index is 2.68. The van der Waals surface area contributed by atoms with Gasteiger partial charge in [0.15, 0.2) is 0 Å². The van der Waals surface area contributed by atoms with Crippen molar-refractivity contribution in [3.05, 3.63) is 12.2 Å². The molecule has 2 atom stereocenters. The van der Waals surface area contributed by atoms with Crippen LogP contribution in [0.15, 0.2) is 12.2 Å². The molecule has 0 aromatic heterocycles. The van der Waals surface area contributed by atoms with Crippen molar-refractivity contribution in [1.29, 1.82) is 0 Å². The van der Waals surface area contributed by atoms with Gasteiger partial charge >= 0.3 is 0 Å². The van der Waals surface area contributed by atoms with Gasteiger partial charge in [-0.1, -0.05) is 12.2 Å². The second kappa shape index (κ2) is 4.28. The lowest BCUT2D eigenvalue weighted by Gasteiger charge is -2.72. The molecule has 0 saturated heterocycles. The fourth-order valence-electron chi connectivity index (χ4n) is 10.3. The molecule has 2 unspecified atom stereocenters. The predicted molar refractivity (Wildman–Crippen MR) is 95.0 cm³/mol. The topological polar surface area (TPSA) is 0 Å². The van der Waals surface area contributed by atoms with Crippen molar-refractivity contribution in [2.24, 2.45) is 45.8 Å². The lowest BCUT2D eigenvalue weighted by Crippen LogP contribution is -2.62. The van der Waals surface area contributed by atoms with E-state index in [2.05, 4.69) is 19.1 Å². The van der Waals surface area contributed by atoms with Gasteiger partial charge in [0.25, 0.3) is 0 Å². The van der Waals surface area contributed by atoms with Crippen molar-refractivity contribution in [2.45, 2.75) is 84.0 Å². The van der Waals surface area contributed by atoms with Crippen molar-refractivity contribution >= 4 is 0 Å². The molecule has 8 rings (SSSR count). The highest BCUT2D eigenvalue weighted by Gasteiger charge is 2.67. The van der Waals surface area contributed by atoms with Crippen LogP contribution in [-0.4, -0.2) is 0 Å². The number of allylic oxidation sites excluding steroid dienone is 2. The number of hydrogen-bond donors (Lipinski definition) is 0. The smallest absolute Gasteiger partial charge is 0.0108 e. The Labute approximate surface area is 142 Å². The highest BCUT2D eigenvalue weighted by atomic mass is 14.7. The van der Waals surface area contributed by atoms with Crippen LogP contribution in [0.2, 0.25) is 0 Å². The highest BCUT2D eigenvalue weighted by Crippen LogP contribution is 2.77. The molecule has 8 aliphatic carbocycles. The molecule has 0 radical (unpaired) electrons. The third-order valence-electron chi connectivity index (χ3n) is 9.79. The van der Waals surface area contributed by atoms with E-state index < -0.39 is 0 Å². The molecule has 0 heteroatoms. The van der Waals surface area contributed by atoms with E-state index in [-0.39, 0.29) is 0 Å². The van der Waals surface area contributed by atoms with E-state index in [1.54, 1.807) is 77.0 Å². The normalized spacial score (nSPS) is 62.6. The molecule has 0 heterocycles. The monoisotopic (exact) mass is 310 g/mol. The van der Waals surface area contributed by atoms with E-state index in [9.17, 15) is 0 Å². The standard InChI is InChI=1S/C23H34/c1-2-3-21-8-19-7-20(9-21)14-23(13-19,15-21)22-10-16-4-17(11-22)6-18(5-16)12-22/h2-3,16-20H,4-15H2,1H3. The maximum Gasteiger partial charge on any atom is -0.0108 e. The predicted octanol–water partition coefficient (Wildman–Crippen LogP) is 6.37. The first-order valence-corrected chi connectivity index (χ1v) is 10.8. The quantitative estimate of drug-likeness (QED) is 0.520. The first kappa shape index (κ1) is 14.0. The Morgan fingerprint density at radius 3 is 1.61 bits per heavy atom. The Morgan fingerprint density at radius 2 is 1.09 bits per heavy atom. The van der Waals surface area contributed by atoms with Crippen LogP contribution in [0.4, 0.5) is 0 Å². The molecule has 8 aliphatic rings. The molecule has 0 amide bonds. The summed E-state index contributed by atoms with van der Waals surface area (Å²) in [6.45, 7) is 2.27. The van der Waals surface area contributed by atoms with Gasteiger partial charge in [-0.2, -0.15) is 0 Å². The number of hydrogen-bond acceptors (Lipinski definition) is 0. The first-order chi connectivity index (χ1) is 11.1. The molecule has 0 aromatic rings. The molecule has 23 heavy (non-hydrogen) atoms. The fourth-order valence-corrected chi connectivity index (χ4v) is 10.3. The zero-order chi connectivity index (χ0) is 15.3. The Morgan fingerprint density at radius 1 is 0.609 bits per heavy atom. The molecule has 0 aromatic carbocycles. The summed E-state index contributed by atoms with van der Waals surface area (Å²) < 4.78 is 0. The van der Waals surface area contributed by atoms with Crippen molar-refractivity contribution in [3.63, 3.8) is 0 Å². The van der Waals surface area contributed by atoms with Gasteiger partial charge in [-0.15, -0.1) is 0 Å². The van der Waals surface area contributed by atoms with E-state index in [1.165, 1.54) is 0 Å². The van der Waals surface area contributed by atoms with Gasteiger partial charge in [0, 0.05) is 0 Å². The molecule has 0 aliphatic heterocycles. The Balaban J connectivity index is 1.44. The second-order valence-corrected chi connectivity index (χ2v) is 11.3. The summed E-state index contributed by atoms with van der Waals surface area (Å²) in [6.07, 6.45) is 24.4. The Bertz CT molecular complexity index is 503.